The van der Waals surface area contributed by atoms with E-state index in [4.69, 9.17) is 0 Å². The Morgan fingerprint density at radius 3 is 1.22 bits per heavy atom. The highest BCUT2D eigenvalue weighted by Gasteiger charge is 2.89. The quantitative estimate of drug-likeness (QED) is 0.574. The minimum absolute atomic E-state index is 2.72. The zero-order chi connectivity index (χ0) is 18.8. The minimum Gasteiger partial charge on any atom is -0.221 e. The van der Waals surface area contributed by atoms with Crippen molar-refractivity contribution in [2.75, 3.05) is 0 Å². The minimum atomic E-state index is -7.67. The number of alkyl halides is 11. The van der Waals surface area contributed by atoms with E-state index < -0.39 is 52.9 Å². The molecule has 0 aromatic heterocycles. The lowest BCUT2D eigenvalue weighted by Crippen LogP contribution is -2.67. The number of halogens is 14. The molecule has 0 saturated carbocycles. The molecule has 0 saturated heterocycles. The van der Waals surface area contributed by atoms with Crippen LogP contribution in [0.15, 0.2) is 23.1 Å². The molecule has 14 heteroatoms. The van der Waals surface area contributed by atoms with Crippen LogP contribution in [0.5, 0.6) is 0 Å². The lowest BCUT2D eigenvalue weighted by atomic mass is 9.88. The third-order valence-electron chi connectivity index (χ3n) is 2.73. The molecule has 1 atom stereocenters. The van der Waals surface area contributed by atoms with Crippen molar-refractivity contribution in [3.8, 4) is 0 Å². The molecule has 0 bridgehead atoms. The fourth-order valence-corrected chi connectivity index (χ4v) is 1.54. The Balaban J connectivity index is 3.68. The molecule has 0 heterocycles. The van der Waals surface area contributed by atoms with Gasteiger partial charge in [-0.25, -0.2) is 8.78 Å². The van der Waals surface area contributed by atoms with Crippen molar-refractivity contribution in [3.63, 3.8) is 0 Å². The molecule has 0 N–H and O–H groups in total. The van der Waals surface area contributed by atoms with Crippen LogP contribution < -0.4 is 0 Å². The van der Waals surface area contributed by atoms with Crippen LogP contribution in [0.1, 0.15) is 0 Å². The summed E-state index contributed by atoms with van der Waals surface area (Å²) in [6.45, 7) is 0. The summed E-state index contributed by atoms with van der Waals surface area (Å²) in [5.74, 6) is -18.3. The summed E-state index contributed by atoms with van der Waals surface area (Å²) in [5.41, 5.74) is -13.1. The Labute approximate surface area is 116 Å². The van der Waals surface area contributed by atoms with Crippen molar-refractivity contribution in [1.82, 2.24) is 0 Å². The Morgan fingerprint density at radius 1 is 0.609 bits per heavy atom. The number of hydrogen-bond acceptors (Lipinski definition) is 0. The fourth-order valence-electron chi connectivity index (χ4n) is 1.54. The third kappa shape index (κ3) is 2.36. The molecule has 1 unspecified atom stereocenters. The van der Waals surface area contributed by atoms with Gasteiger partial charge in [0.25, 0.3) is 6.08 Å². The smallest absolute Gasteiger partial charge is 0.221 e. The molecule has 1 aliphatic carbocycles. The van der Waals surface area contributed by atoms with Crippen LogP contribution in [0, 0.1) is 0 Å². The summed E-state index contributed by atoms with van der Waals surface area (Å²) in [6.07, 6.45) is -18.2. The van der Waals surface area contributed by atoms with E-state index in [1.807, 2.05) is 0 Å². The third-order valence-corrected chi connectivity index (χ3v) is 2.73. The van der Waals surface area contributed by atoms with E-state index in [2.05, 4.69) is 0 Å². The molecule has 0 fully saturated rings. The Bertz CT molecular complexity index is 568. The maximum absolute atomic E-state index is 13.6. The van der Waals surface area contributed by atoms with E-state index in [1.165, 1.54) is 0 Å². The van der Waals surface area contributed by atoms with E-state index in [-0.39, 0.29) is 0 Å². The topological polar surface area (TPSA) is 0 Å². The lowest BCUT2D eigenvalue weighted by Gasteiger charge is -2.38. The van der Waals surface area contributed by atoms with Crippen LogP contribution in [0.2, 0.25) is 0 Å². The van der Waals surface area contributed by atoms with Gasteiger partial charge in [0, 0.05) is 0 Å². The second-order valence-corrected chi connectivity index (χ2v) is 4.13. The summed E-state index contributed by atoms with van der Waals surface area (Å²) in [4.78, 5) is 0. The van der Waals surface area contributed by atoms with Crippen LogP contribution in [-0.2, 0) is 0 Å². The van der Waals surface area contributed by atoms with Gasteiger partial charge in [0.2, 0.25) is 0 Å². The fraction of sp³-hybridized carbons (Fsp3) is 0.556. The average Bonchev–Trinajstić information content (AvgIpc) is 2.96. The van der Waals surface area contributed by atoms with Gasteiger partial charge in [-0.1, -0.05) is 0 Å². The first kappa shape index (κ1) is 19.5. The van der Waals surface area contributed by atoms with Crippen molar-refractivity contribution in [2.24, 2.45) is 0 Å². The molecule has 0 aliphatic heterocycles. The van der Waals surface area contributed by atoms with E-state index in [0.29, 0.717) is 0 Å². The molecular weight excluding hydrogens is 374 g/mol. The second-order valence-electron chi connectivity index (χ2n) is 4.13. The highest BCUT2D eigenvalue weighted by Crippen LogP contribution is 2.65. The monoisotopic (exact) mass is 374 g/mol. The molecular formula is C9F14. The molecule has 0 amide bonds. The first-order valence-electron chi connectivity index (χ1n) is 4.90. The zero-order valence-corrected chi connectivity index (χ0v) is 9.79. The van der Waals surface area contributed by atoms with Gasteiger partial charge in [-0.3, -0.25) is 0 Å². The molecule has 0 aromatic rings. The lowest BCUT2D eigenvalue weighted by molar-refractivity contribution is -0.403. The molecule has 0 aromatic carbocycles. The number of allylic oxidation sites excluding steroid dienone is 3. The predicted molar refractivity (Wildman–Crippen MR) is 43.2 cm³/mol. The molecule has 134 valence electrons. The highest BCUT2D eigenvalue weighted by molar-refractivity contribution is 5.69. The van der Waals surface area contributed by atoms with E-state index >= 15 is 0 Å². The molecule has 0 spiro atoms. The summed E-state index contributed by atoms with van der Waals surface area (Å²) >= 11 is 0. The largest absolute Gasteiger partial charge is 0.460 e. The average molecular weight is 374 g/mol. The summed E-state index contributed by atoms with van der Waals surface area (Å²) in [7, 11) is 0. The number of rotatable bonds is 3. The van der Waals surface area contributed by atoms with Crippen LogP contribution in [0.3, 0.4) is 0 Å². The number of hydrogen-bond donors (Lipinski definition) is 0. The molecule has 0 radical (unpaired) electrons. The molecule has 1 rings (SSSR count). The second kappa shape index (κ2) is 4.75. The van der Waals surface area contributed by atoms with Crippen LogP contribution in [0.25, 0.3) is 0 Å². The normalized spacial score (nSPS) is 19.8. The van der Waals surface area contributed by atoms with E-state index in [1.54, 1.807) is 0 Å². The Kier molecular flexibility index (Phi) is 4.04. The van der Waals surface area contributed by atoms with Crippen LogP contribution in [0.4, 0.5) is 61.5 Å². The van der Waals surface area contributed by atoms with Crippen molar-refractivity contribution < 1.29 is 61.5 Å². The standard InChI is InChI=1S/C9F14/c10-3-1(4(11)12)2(3)5(13,8(18,19)20)6(14,15)7(16,17)9(21,22)23. The van der Waals surface area contributed by atoms with Crippen LogP contribution in [-0.4, -0.2) is 29.9 Å². The van der Waals surface area contributed by atoms with Gasteiger partial charge >= 0.3 is 29.9 Å². The maximum atomic E-state index is 13.6. The Morgan fingerprint density at radius 2 is 1.00 bits per heavy atom. The van der Waals surface area contributed by atoms with Crippen molar-refractivity contribution in [1.29, 1.82) is 0 Å². The first-order chi connectivity index (χ1) is 9.85. The first-order valence-corrected chi connectivity index (χ1v) is 4.90. The van der Waals surface area contributed by atoms with Gasteiger partial charge in [-0.2, -0.15) is 52.7 Å². The van der Waals surface area contributed by atoms with Gasteiger partial charge in [-0.15, -0.1) is 0 Å². The van der Waals surface area contributed by atoms with Crippen LogP contribution >= 0.6 is 0 Å². The van der Waals surface area contributed by atoms with Gasteiger partial charge in [0.15, 0.2) is 0 Å². The van der Waals surface area contributed by atoms with Gasteiger partial charge in [0.1, 0.15) is 5.83 Å². The van der Waals surface area contributed by atoms with Crippen molar-refractivity contribution in [3.05, 3.63) is 23.1 Å². The van der Waals surface area contributed by atoms with Gasteiger partial charge < -0.3 is 0 Å². The van der Waals surface area contributed by atoms with Crippen molar-refractivity contribution >= 4 is 0 Å². The molecule has 0 nitrogen and oxygen atoms in total. The maximum Gasteiger partial charge on any atom is 0.460 e. The van der Waals surface area contributed by atoms with E-state index in [0.717, 1.165) is 0 Å². The predicted octanol–water partition coefficient (Wildman–Crippen LogP) is 5.48. The summed E-state index contributed by atoms with van der Waals surface area (Å²) < 4.78 is 174. The van der Waals surface area contributed by atoms with E-state index in [9.17, 15) is 61.5 Å². The SMILES string of the molecule is FC(F)=C1C(F)=C1C(F)(C(F)(F)F)C(F)(F)C(F)(F)C(F)(F)F. The van der Waals surface area contributed by atoms with Crippen molar-refractivity contribution in [2.45, 2.75) is 29.9 Å². The molecule has 23 heavy (non-hydrogen) atoms. The molecule has 1 aliphatic rings. The highest BCUT2D eigenvalue weighted by atomic mass is 19.4. The summed E-state index contributed by atoms with van der Waals surface area (Å²) in [5, 5.41) is 0. The Hall–Kier alpha value is -1.50. The van der Waals surface area contributed by atoms with Gasteiger partial charge in [0.05, 0.1) is 11.1 Å². The summed E-state index contributed by atoms with van der Waals surface area (Å²) in [6, 6.07) is 0. The van der Waals surface area contributed by atoms with Gasteiger partial charge in [-0.05, 0) is 0 Å². The zero-order valence-electron chi connectivity index (χ0n) is 9.79.